The standard InChI is InChI=1S/C16H29NOS/c19-13-16(7-10-18-11-8-16)12-17-9-3-5-14-4-1-2-6-15(14)17/h14-15,19H,1-13H2/t14-,15-/m1/s1. The fourth-order valence-electron chi connectivity index (χ4n) is 4.53. The molecule has 2 nitrogen and oxygen atoms in total. The van der Waals surface area contributed by atoms with Crippen molar-refractivity contribution in [1.82, 2.24) is 4.90 Å². The molecule has 3 fully saturated rings. The van der Waals surface area contributed by atoms with Crippen molar-refractivity contribution in [2.45, 2.75) is 57.4 Å². The van der Waals surface area contributed by atoms with Crippen LogP contribution in [0.2, 0.25) is 0 Å². The first kappa shape index (κ1) is 14.2. The van der Waals surface area contributed by atoms with Gasteiger partial charge in [0.15, 0.2) is 0 Å². The van der Waals surface area contributed by atoms with Crippen LogP contribution < -0.4 is 0 Å². The highest BCUT2D eigenvalue weighted by atomic mass is 32.1. The average Bonchev–Trinajstić information content (AvgIpc) is 2.49. The van der Waals surface area contributed by atoms with Crippen molar-refractivity contribution in [3.63, 3.8) is 0 Å². The van der Waals surface area contributed by atoms with Crippen LogP contribution in [-0.4, -0.2) is 43.0 Å². The number of ether oxygens (including phenoxy) is 1. The van der Waals surface area contributed by atoms with Gasteiger partial charge >= 0.3 is 0 Å². The molecule has 3 heteroatoms. The van der Waals surface area contributed by atoms with Gasteiger partial charge in [0, 0.05) is 25.8 Å². The smallest absolute Gasteiger partial charge is 0.0472 e. The lowest BCUT2D eigenvalue weighted by Crippen LogP contribution is -2.52. The van der Waals surface area contributed by atoms with Crippen molar-refractivity contribution in [2.75, 3.05) is 32.1 Å². The van der Waals surface area contributed by atoms with E-state index in [0.717, 1.165) is 30.9 Å². The number of nitrogens with zero attached hydrogens (tertiary/aromatic N) is 1. The van der Waals surface area contributed by atoms with Gasteiger partial charge in [0.25, 0.3) is 0 Å². The number of hydrogen-bond donors (Lipinski definition) is 1. The first-order valence-electron chi connectivity index (χ1n) is 8.26. The number of fused-ring (bicyclic) bond motifs is 1. The number of piperidine rings is 1. The molecule has 2 atom stereocenters. The van der Waals surface area contributed by atoms with Gasteiger partial charge in [0.05, 0.1) is 0 Å². The molecule has 0 amide bonds. The third kappa shape index (κ3) is 3.14. The van der Waals surface area contributed by atoms with E-state index in [-0.39, 0.29) is 0 Å². The van der Waals surface area contributed by atoms with Crippen LogP contribution in [0.3, 0.4) is 0 Å². The van der Waals surface area contributed by atoms with Gasteiger partial charge in [-0.2, -0.15) is 12.6 Å². The summed E-state index contributed by atoms with van der Waals surface area (Å²) in [6, 6.07) is 0.891. The monoisotopic (exact) mass is 283 g/mol. The molecule has 1 aliphatic carbocycles. The van der Waals surface area contributed by atoms with Crippen molar-refractivity contribution < 1.29 is 4.74 Å². The molecule has 0 N–H and O–H groups in total. The van der Waals surface area contributed by atoms with Crippen LogP contribution in [0.5, 0.6) is 0 Å². The van der Waals surface area contributed by atoms with Crippen LogP contribution >= 0.6 is 12.6 Å². The van der Waals surface area contributed by atoms with Gasteiger partial charge in [-0.05, 0) is 62.2 Å². The molecule has 0 aromatic rings. The third-order valence-corrected chi connectivity index (χ3v) is 6.46. The first-order chi connectivity index (χ1) is 9.33. The highest BCUT2D eigenvalue weighted by molar-refractivity contribution is 7.80. The molecule has 0 aromatic carbocycles. The van der Waals surface area contributed by atoms with Crippen molar-refractivity contribution in [2.24, 2.45) is 11.3 Å². The Kier molecular flexibility index (Phi) is 4.76. The molecule has 110 valence electrons. The van der Waals surface area contributed by atoms with Crippen molar-refractivity contribution in [1.29, 1.82) is 0 Å². The molecule has 2 aliphatic heterocycles. The Labute approximate surface area is 123 Å². The summed E-state index contributed by atoms with van der Waals surface area (Å²) in [5.74, 6) is 2.03. The molecule has 3 rings (SSSR count). The summed E-state index contributed by atoms with van der Waals surface area (Å²) in [5.41, 5.74) is 0.431. The first-order valence-corrected chi connectivity index (χ1v) is 8.89. The second-order valence-corrected chi connectivity index (χ2v) is 7.31. The quantitative estimate of drug-likeness (QED) is 0.797. The van der Waals surface area contributed by atoms with E-state index in [9.17, 15) is 0 Å². The minimum atomic E-state index is 0.431. The van der Waals surface area contributed by atoms with Gasteiger partial charge in [-0.1, -0.05) is 12.8 Å². The van der Waals surface area contributed by atoms with E-state index in [1.807, 2.05) is 0 Å². The number of thiol groups is 1. The largest absolute Gasteiger partial charge is 0.381 e. The van der Waals surface area contributed by atoms with E-state index in [1.54, 1.807) is 0 Å². The van der Waals surface area contributed by atoms with Crippen LogP contribution in [0, 0.1) is 11.3 Å². The third-order valence-electron chi connectivity index (χ3n) is 5.79. The van der Waals surface area contributed by atoms with E-state index < -0.39 is 0 Å². The Bertz CT molecular complexity index is 288. The van der Waals surface area contributed by atoms with Crippen molar-refractivity contribution in [3.05, 3.63) is 0 Å². The second kappa shape index (κ2) is 6.36. The molecule has 2 saturated heterocycles. The molecule has 0 bridgehead atoms. The molecule has 0 radical (unpaired) electrons. The summed E-state index contributed by atoms with van der Waals surface area (Å²) in [4.78, 5) is 2.84. The zero-order valence-corrected chi connectivity index (χ0v) is 13.0. The summed E-state index contributed by atoms with van der Waals surface area (Å²) in [5, 5.41) is 0. The molecule has 0 unspecified atom stereocenters. The van der Waals surface area contributed by atoms with Gasteiger partial charge in [-0.3, -0.25) is 4.90 Å². The lowest BCUT2D eigenvalue weighted by Gasteiger charge is -2.49. The van der Waals surface area contributed by atoms with E-state index in [0.29, 0.717) is 5.41 Å². The molecule has 1 saturated carbocycles. The summed E-state index contributed by atoms with van der Waals surface area (Å²) in [7, 11) is 0. The molecule has 19 heavy (non-hydrogen) atoms. The van der Waals surface area contributed by atoms with E-state index >= 15 is 0 Å². The lowest BCUT2D eigenvalue weighted by atomic mass is 9.75. The van der Waals surface area contributed by atoms with Crippen LogP contribution in [0.15, 0.2) is 0 Å². The van der Waals surface area contributed by atoms with Gasteiger partial charge in [0.1, 0.15) is 0 Å². The fourth-order valence-corrected chi connectivity index (χ4v) is 4.94. The van der Waals surface area contributed by atoms with Crippen molar-refractivity contribution in [3.8, 4) is 0 Å². The van der Waals surface area contributed by atoms with Gasteiger partial charge in [-0.15, -0.1) is 0 Å². The van der Waals surface area contributed by atoms with Crippen LogP contribution in [0.1, 0.15) is 51.4 Å². The van der Waals surface area contributed by atoms with Gasteiger partial charge in [0.2, 0.25) is 0 Å². The van der Waals surface area contributed by atoms with E-state index in [1.165, 1.54) is 64.5 Å². The van der Waals surface area contributed by atoms with Crippen LogP contribution in [0.25, 0.3) is 0 Å². The predicted octanol–water partition coefficient (Wildman–Crippen LogP) is 3.37. The Hall–Kier alpha value is 0.270. The summed E-state index contributed by atoms with van der Waals surface area (Å²) in [6.45, 7) is 4.50. The maximum Gasteiger partial charge on any atom is 0.0472 e. The highest BCUT2D eigenvalue weighted by Gasteiger charge is 2.39. The number of likely N-dealkylation sites (tertiary alicyclic amines) is 1. The lowest BCUT2D eigenvalue weighted by molar-refractivity contribution is -0.0228. The zero-order valence-electron chi connectivity index (χ0n) is 12.1. The maximum absolute atomic E-state index is 5.57. The minimum Gasteiger partial charge on any atom is -0.381 e. The Morgan fingerprint density at radius 1 is 1.05 bits per heavy atom. The Morgan fingerprint density at radius 2 is 1.79 bits per heavy atom. The Morgan fingerprint density at radius 3 is 2.58 bits per heavy atom. The molecular formula is C16H29NOS. The Balaban J connectivity index is 1.66. The molecule has 2 heterocycles. The van der Waals surface area contributed by atoms with E-state index in [2.05, 4.69) is 17.5 Å². The highest BCUT2D eigenvalue weighted by Crippen LogP contribution is 2.39. The predicted molar refractivity (Wildman–Crippen MR) is 82.9 cm³/mol. The SMILES string of the molecule is SCC1(CN2CCC[C@H]3CCCC[C@H]32)CCOCC1. The number of hydrogen-bond acceptors (Lipinski definition) is 3. The van der Waals surface area contributed by atoms with Crippen LogP contribution in [-0.2, 0) is 4.74 Å². The zero-order chi connectivity index (χ0) is 13.1. The van der Waals surface area contributed by atoms with Crippen molar-refractivity contribution >= 4 is 12.6 Å². The molecule has 3 aliphatic rings. The molecule has 0 spiro atoms. The average molecular weight is 283 g/mol. The molecule has 0 aromatic heterocycles. The topological polar surface area (TPSA) is 12.5 Å². The summed E-state index contributed by atoms with van der Waals surface area (Å²) >= 11 is 4.68. The van der Waals surface area contributed by atoms with Gasteiger partial charge in [-0.25, -0.2) is 0 Å². The number of rotatable bonds is 3. The van der Waals surface area contributed by atoms with E-state index in [4.69, 9.17) is 4.74 Å². The second-order valence-electron chi connectivity index (χ2n) is 7.00. The maximum atomic E-state index is 5.57. The van der Waals surface area contributed by atoms with Crippen LogP contribution in [0.4, 0.5) is 0 Å². The molecular weight excluding hydrogens is 254 g/mol. The minimum absolute atomic E-state index is 0.431. The summed E-state index contributed by atoms with van der Waals surface area (Å²) in [6.07, 6.45) is 11.2. The van der Waals surface area contributed by atoms with Gasteiger partial charge < -0.3 is 4.74 Å². The summed E-state index contributed by atoms with van der Waals surface area (Å²) < 4.78 is 5.57. The fraction of sp³-hybridized carbons (Fsp3) is 1.00. The normalized spacial score (nSPS) is 35.8.